The Morgan fingerprint density at radius 2 is 1.81 bits per heavy atom. The average molecular weight is 430 g/mol. The zero-order valence-electron chi connectivity index (χ0n) is 17.3. The van der Waals surface area contributed by atoms with Crippen molar-refractivity contribution in [3.63, 3.8) is 0 Å². The van der Waals surface area contributed by atoms with Crippen LogP contribution < -0.4 is 5.56 Å². The molecule has 1 aliphatic rings. The van der Waals surface area contributed by atoms with Crippen LogP contribution in [0.1, 0.15) is 5.56 Å². The van der Waals surface area contributed by atoms with Crippen molar-refractivity contribution < 1.29 is 9.90 Å². The Balaban J connectivity index is 1.39. The minimum Gasteiger partial charge on any atom is -0.465 e. The maximum absolute atomic E-state index is 12.5. The van der Waals surface area contributed by atoms with Crippen molar-refractivity contribution in [1.82, 2.24) is 30.0 Å². The molecular weight excluding hydrogens is 408 g/mol. The number of nitrogens with zero attached hydrogens (tertiary/aromatic N) is 4. The van der Waals surface area contributed by atoms with E-state index in [0.717, 1.165) is 34.3 Å². The van der Waals surface area contributed by atoms with Crippen molar-refractivity contribution >= 4 is 17.0 Å². The van der Waals surface area contributed by atoms with Crippen LogP contribution >= 0.6 is 0 Å². The van der Waals surface area contributed by atoms with Crippen LogP contribution in [-0.4, -0.2) is 67.3 Å². The Hall–Kier alpha value is -3.98. The third-order valence-corrected chi connectivity index (χ3v) is 5.80. The van der Waals surface area contributed by atoms with Crippen LogP contribution in [0.25, 0.3) is 33.4 Å². The zero-order valence-corrected chi connectivity index (χ0v) is 17.3. The Bertz CT molecular complexity index is 1320. The van der Waals surface area contributed by atoms with Gasteiger partial charge >= 0.3 is 6.09 Å². The summed E-state index contributed by atoms with van der Waals surface area (Å²) >= 11 is 0. The lowest BCUT2D eigenvalue weighted by Gasteiger charge is -2.33. The number of aromatic amines is 2. The third kappa shape index (κ3) is 3.97. The number of amides is 1. The van der Waals surface area contributed by atoms with Gasteiger partial charge in [0, 0.05) is 61.6 Å². The molecule has 0 bridgehead atoms. The van der Waals surface area contributed by atoms with Crippen LogP contribution in [0.4, 0.5) is 4.79 Å². The first-order valence-corrected chi connectivity index (χ1v) is 10.4. The third-order valence-electron chi connectivity index (χ3n) is 5.80. The largest absolute Gasteiger partial charge is 0.465 e. The summed E-state index contributed by atoms with van der Waals surface area (Å²) in [4.78, 5) is 34.6. The van der Waals surface area contributed by atoms with E-state index >= 15 is 0 Å². The minimum atomic E-state index is -0.857. The van der Waals surface area contributed by atoms with E-state index in [0.29, 0.717) is 37.4 Å². The molecule has 5 rings (SSSR count). The van der Waals surface area contributed by atoms with Crippen LogP contribution in [0.5, 0.6) is 0 Å². The fourth-order valence-electron chi connectivity index (χ4n) is 4.06. The Labute approximate surface area is 183 Å². The molecule has 0 radical (unpaired) electrons. The number of hydrogen-bond donors (Lipinski definition) is 3. The molecule has 1 aliphatic heterocycles. The summed E-state index contributed by atoms with van der Waals surface area (Å²) in [6.07, 6.45) is 2.52. The molecule has 1 fully saturated rings. The second-order valence-corrected chi connectivity index (χ2v) is 7.88. The predicted molar refractivity (Wildman–Crippen MR) is 120 cm³/mol. The second-order valence-electron chi connectivity index (χ2n) is 7.88. The van der Waals surface area contributed by atoms with E-state index in [9.17, 15) is 9.59 Å². The lowest BCUT2D eigenvalue weighted by Crippen LogP contribution is -2.47. The van der Waals surface area contributed by atoms with Gasteiger partial charge in [0.2, 0.25) is 0 Å². The maximum atomic E-state index is 12.5. The van der Waals surface area contributed by atoms with Crippen molar-refractivity contribution in [2.24, 2.45) is 0 Å². The van der Waals surface area contributed by atoms with Gasteiger partial charge in [-0.2, -0.15) is 5.10 Å². The van der Waals surface area contributed by atoms with Crippen molar-refractivity contribution in [2.45, 2.75) is 6.54 Å². The number of benzene rings is 1. The molecule has 0 atom stereocenters. The summed E-state index contributed by atoms with van der Waals surface area (Å²) in [5.41, 5.74) is 4.63. The number of nitrogens with one attached hydrogen (secondary N) is 2. The Kier molecular flexibility index (Phi) is 5.16. The highest BCUT2D eigenvalue weighted by Crippen LogP contribution is 2.25. The Morgan fingerprint density at radius 1 is 1.03 bits per heavy atom. The number of carboxylic acid groups (broad SMARTS) is 1. The lowest BCUT2D eigenvalue weighted by atomic mass is 10.1. The molecular formula is C23H22N6O3. The number of carbonyl (C=O) groups is 1. The Morgan fingerprint density at radius 3 is 2.56 bits per heavy atom. The molecule has 0 unspecified atom stereocenters. The number of fused-ring (bicyclic) bond motifs is 1. The van der Waals surface area contributed by atoms with Crippen LogP contribution in [-0.2, 0) is 6.54 Å². The highest BCUT2D eigenvalue weighted by molar-refractivity contribution is 5.86. The normalized spacial score (nSPS) is 14.7. The van der Waals surface area contributed by atoms with Gasteiger partial charge in [-0.15, -0.1) is 0 Å². The molecule has 1 amide bonds. The monoisotopic (exact) mass is 430 g/mol. The molecule has 0 aliphatic carbocycles. The quantitative estimate of drug-likeness (QED) is 0.458. The molecule has 1 saturated heterocycles. The van der Waals surface area contributed by atoms with Crippen LogP contribution in [0.3, 0.4) is 0 Å². The highest BCUT2D eigenvalue weighted by Gasteiger charge is 2.20. The number of rotatable bonds is 4. The molecule has 3 aromatic heterocycles. The molecule has 3 N–H and O–H groups in total. The summed E-state index contributed by atoms with van der Waals surface area (Å²) < 4.78 is 0. The van der Waals surface area contributed by atoms with Gasteiger partial charge in [0.1, 0.15) is 0 Å². The van der Waals surface area contributed by atoms with E-state index in [4.69, 9.17) is 5.11 Å². The second kappa shape index (κ2) is 8.27. The summed E-state index contributed by atoms with van der Waals surface area (Å²) in [7, 11) is 0. The lowest BCUT2D eigenvalue weighted by molar-refractivity contribution is 0.103. The average Bonchev–Trinajstić information content (AvgIpc) is 3.23. The molecule has 162 valence electrons. The standard InChI is InChI=1S/C23H22N6O3/c30-22-18(13-20(26-27-22)16-3-5-24-6-4-16)21-12-17-11-15(1-2-19(17)25-21)14-28-7-9-29(10-8-28)23(31)32/h1-6,11-13,25H,7-10,14H2,(H,27,30)(H,31,32). The summed E-state index contributed by atoms with van der Waals surface area (Å²) in [6.45, 7) is 3.23. The molecule has 9 heteroatoms. The van der Waals surface area contributed by atoms with Gasteiger partial charge in [0.15, 0.2) is 0 Å². The van der Waals surface area contributed by atoms with Crippen LogP contribution in [0.15, 0.2) is 59.7 Å². The van der Waals surface area contributed by atoms with Crippen molar-refractivity contribution in [3.05, 3.63) is 70.8 Å². The molecule has 1 aromatic carbocycles. The smallest absolute Gasteiger partial charge is 0.407 e. The molecule has 32 heavy (non-hydrogen) atoms. The number of hydrogen-bond acceptors (Lipinski definition) is 5. The van der Waals surface area contributed by atoms with Gasteiger partial charge in [0.25, 0.3) is 5.56 Å². The molecule has 0 spiro atoms. The van der Waals surface area contributed by atoms with Crippen LogP contribution in [0, 0.1) is 0 Å². The maximum Gasteiger partial charge on any atom is 0.407 e. The zero-order chi connectivity index (χ0) is 22.1. The number of piperazine rings is 1. The predicted octanol–water partition coefficient (Wildman–Crippen LogP) is 2.78. The summed E-state index contributed by atoms with van der Waals surface area (Å²) in [6, 6.07) is 13.6. The first-order chi connectivity index (χ1) is 15.6. The number of H-pyrrole nitrogens is 2. The van der Waals surface area contributed by atoms with E-state index in [-0.39, 0.29) is 5.56 Å². The summed E-state index contributed by atoms with van der Waals surface area (Å²) in [5, 5.41) is 16.9. The van der Waals surface area contributed by atoms with E-state index < -0.39 is 6.09 Å². The van der Waals surface area contributed by atoms with Gasteiger partial charge in [-0.3, -0.25) is 14.7 Å². The van der Waals surface area contributed by atoms with Gasteiger partial charge in [0.05, 0.1) is 17.0 Å². The van der Waals surface area contributed by atoms with E-state index in [1.54, 1.807) is 18.5 Å². The fraction of sp³-hybridized carbons (Fsp3) is 0.217. The van der Waals surface area contributed by atoms with Gasteiger partial charge < -0.3 is 15.0 Å². The fourth-order valence-corrected chi connectivity index (χ4v) is 4.06. The highest BCUT2D eigenvalue weighted by atomic mass is 16.4. The van der Waals surface area contributed by atoms with Crippen molar-refractivity contribution in [3.8, 4) is 22.5 Å². The van der Waals surface area contributed by atoms with Crippen LogP contribution in [0.2, 0.25) is 0 Å². The minimum absolute atomic E-state index is 0.258. The first kappa shape index (κ1) is 20.0. The topological polar surface area (TPSA) is 118 Å². The molecule has 0 saturated carbocycles. The molecule has 4 aromatic rings. The van der Waals surface area contributed by atoms with E-state index in [1.807, 2.05) is 24.3 Å². The van der Waals surface area contributed by atoms with E-state index in [1.165, 1.54) is 4.90 Å². The van der Waals surface area contributed by atoms with E-state index in [2.05, 4.69) is 37.2 Å². The van der Waals surface area contributed by atoms with Gasteiger partial charge in [-0.25, -0.2) is 9.89 Å². The van der Waals surface area contributed by atoms with Gasteiger partial charge in [-0.1, -0.05) is 6.07 Å². The summed E-state index contributed by atoms with van der Waals surface area (Å²) in [5.74, 6) is 0. The number of aromatic nitrogens is 4. The van der Waals surface area contributed by atoms with Crippen molar-refractivity contribution in [2.75, 3.05) is 26.2 Å². The number of pyridine rings is 1. The van der Waals surface area contributed by atoms with Gasteiger partial charge in [-0.05, 0) is 42.0 Å². The molecule has 4 heterocycles. The molecule has 9 nitrogen and oxygen atoms in total. The first-order valence-electron chi connectivity index (χ1n) is 10.4. The SMILES string of the molecule is O=C(O)N1CCN(Cc2ccc3[nH]c(-c4cc(-c5ccncc5)n[nH]c4=O)cc3c2)CC1. The van der Waals surface area contributed by atoms with Crippen molar-refractivity contribution in [1.29, 1.82) is 0 Å².